The zero-order valence-electron chi connectivity index (χ0n) is 26.6. The fraction of sp³-hybridized carbons (Fsp3) is 0.595. The van der Waals surface area contributed by atoms with Crippen molar-refractivity contribution in [3.63, 3.8) is 0 Å². The average molecular weight is 583 g/mol. The van der Waals surface area contributed by atoms with Crippen LogP contribution in [0.25, 0.3) is 0 Å². The maximum Gasteiger partial charge on any atom is 0.524 e. The number of allylic oxidation sites excluding steroid dienone is 12. The minimum atomic E-state index is -1.21. The number of carbonyl (C=O) groups is 3. The molecule has 0 spiro atoms. The third-order valence-corrected chi connectivity index (χ3v) is 6.46. The third-order valence-electron chi connectivity index (χ3n) is 6.46. The molecule has 236 valence electrons. The summed E-state index contributed by atoms with van der Waals surface area (Å²) in [6.07, 6.45) is 43.5. The van der Waals surface area contributed by atoms with Gasteiger partial charge in [0, 0.05) is 12.8 Å². The molecular formula is C37H58O5. The molecule has 0 aliphatic heterocycles. The molecule has 0 aromatic rings. The van der Waals surface area contributed by atoms with Gasteiger partial charge >= 0.3 is 18.1 Å². The van der Waals surface area contributed by atoms with Crippen LogP contribution in [0.3, 0.4) is 0 Å². The highest BCUT2D eigenvalue weighted by molar-refractivity contribution is 5.88. The van der Waals surface area contributed by atoms with Crippen molar-refractivity contribution in [2.75, 3.05) is 0 Å². The van der Waals surface area contributed by atoms with Crippen molar-refractivity contribution in [2.24, 2.45) is 0 Å². The summed E-state index contributed by atoms with van der Waals surface area (Å²) in [5.74, 6) is -1.27. The number of hydrogen-bond donors (Lipinski definition) is 0. The van der Waals surface area contributed by atoms with E-state index in [-0.39, 0.29) is 12.8 Å². The van der Waals surface area contributed by atoms with Crippen molar-refractivity contribution >= 4 is 18.1 Å². The Labute approximate surface area is 256 Å². The first-order valence-corrected chi connectivity index (χ1v) is 16.4. The lowest BCUT2D eigenvalue weighted by atomic mass is 10.1. The van der Waals surface area contributed by atoms with Gasteiger partial charge in [-0.15, -0.1) is 0 Å². The van der Waals surface area contributed by atoms with E-state index in [4.69, 9.17) is 0 Å². The Morgan fingerprint density at radius 2 is 0.714 bits per heavy atom. The van der Waals surface area contributed by atoms with Crippen LogP contribution in [0, 0.1) is 0 Å². The van der Waals surface area contributed by atoms with E-state index in [0.29, 0.717) is 12.8 Å². The van der Waals surface area contributed by atoms with Gasteiger partial charge in [0.2, 0.25) is 0 Å². The summed E-state index contributed by atoms with van der Waals surface area (Å²) in [4.78, 5) is 35.3. The average Bonchev–Trinajstić information content (AvgIpc) is 2.97. The molecule has 0 saturated heterocycles. The second kappa shape index (κ2) is 32.6. The van der Waals surface area contributed by atoms with Gasteiger partial charge in [-0.2, -0.15) is 0 Å². The number of carbonyl (C=O) groups excluding carboxylic acids is 3. The standard InChI is InChI=1S/C37H58O5/c1-3-5-7-9-11-13-15-17-19-21-23-25-27-29-31-33-35(38)41-37(40)42-36(39)34-32-30-28-26-24-22-20-18-16-14-12-10-8-6-4-2/h5-8,11-14,17-20H,3-4,9-10,15-16,21-34H2,1-2H3/b7-5-,8-6-,13-11-,14-12-,19-17-,20-18-. The lowest BCUT2D eigenvalue weighted by Gasteiger charge is -2.04. The van der Waals surface area contributed by atoms with Gasteiger partial charge in [0.25, 0.3) is 0 Å². The lowest BCUT2D eigenvalue weighted by molar-refractivity contribution is -0.146. The summed E-state index contributed by atoms with van der Waals surface area (Å²) in [6.45, 7) is 4.28. The molecule has 0 aromatic carbocycles. The molecule has 0 bridgehead atoms. The first-order chi connectivity index (χ1) is 20.6. The van der Waals surface area contributed by atoms with Crippen molar-refractivity contribution in [1.82, 2.24) is 0 Å². The van der Waals surface area contributed by atoms with Crippen LogP contribution in [0.5, 0.6) is 0 Å². The molecule has 5 heteroatoms. The summed E-state index contributed by atoms with van der Waals surface area (Å²) in [5, 5.41) is 0. The highest BCUT2D eigenvalue weighted by Crippen LogP contribution is 2.10. The van der Waals surface area contributed by atoms with Crippen molar-refractivity contribution in [3.05, 3.63) is 72.9 Å². The maximum absolute atomic E-state index is 11.8. The first-order valence-electron chi connectivity index (χ1n) is 16.4. The Bertz CT molecular complexity index is 776. The molecule has 0 aliphatic carbocycles. The molecule has 0 saturated carbocycles. The zero-order valence-corrected chi connectivity index (χ0v) is 26.6. The number of esters is 2. The number of rotatable bonds is 26. The molecular weight excluding hydrogens is 524 g/mol. The number of hydrogen-bond acceptors (Lipinski definition) is 5. The van der Waals surface area contributed by atoms with Crippen molar-refractivity contribution < 1.29 is 23.9 Å². The SMILES string of the molecule is CC/C=C\C/C=C\C/C=C\CCCCCCCC(=O)OC(=O)OC(=O)CCCCCCC/C=C\C/C=C\C/C=C\CC. The molecule has 0 rings (SSSR count). The second-order valence-electron chi connectivity index (χ2n) is 10.4. The lowest BCUT2D eigenvalue weighted by Crippen LogP contribution is -2.17. The molecule has 0 aliphatic rings. The molecule has 0 radical (unpaired) electrons. The molecule has 0 atom stereocenters. The van der Waals surface area contributed by atoms with Crippen LogP contribution in [0.2, 0.25) is 0 Å². The van der Waals surface area contributed by atoms with Crippen molar-refractivity contribution in [2.45, 2.75) is 142 Å². The fourth-order valence-corrected chi connectivity index (χ4v) is 4.09. The minimum absolute atomic E-state index is 0.158. The second-order valence-corrected chi connectivity index (χ2v) is 10.4. The highest BCUT2D eigenvalue weighted by atomic mass is 16.8. The van der Waals surface area contributed by atoms with Gasteiger partial charge in [-0.1, -0.05) is 125 Å². The van der Waals surface area contributed by atoms with Crippen LogP contribution < -0.4 is 0 Å². The highest BCUT2D eigenvalue weighted by Gasteiger charge is 2.15. The van der Waals surface area contributed by atoms with Crippen LogP contribution in [0.1, 0.15) is 142 Å². The van der Waals surface area contributed by atoms with E-state index in [2.05, 4.69) is 96.2 Å². The van der Waals surface area contributed by atoms with E-state index in [1.165, 1.54) is 0 Å². The van der Waals surface area contributed by atoms with Gasteiger partial charge in [0.15, 0.2) is 0 Å². The minimum Gasteiger partial charge on any atom is -0.360 e. The zero-order chi connectivity index (χ0) is 30.8. The van der Waals surface area contributed by atoms with Crippen molar-refractivity contribution in [1.29, 1.82) is 0 Å². The number of ether oxygens (including phenoxy) is 2. The Balaban J connectivity index is 3.58. The van der Waals surface area contributed by atoms with Crippen LogP contribution in [0.4, 0.5) is 4.79 Å². The summed E-state index contributed by atoms with van der Waals surface area (Å²) in [7, 11) is 0. The van der Waals surface area contributed by atoms with Gasteiger partial charge in [-0.05, 0) is 77.0 Å². The predicted octanol–water partition coefficient (Wildman–Crippen LogP) is 11.4. The van der Waals surface area contributed by atoms with Gasteiger partial charge in [0.05, 0.1) is 0 Å². The van der Waals surface area contributed by atoms with E-state index in [1.807, 2.05) is 0 Å². The van der Waals surface area contributed by atoms with Gasteiger partial charge < -0.3 is 9.47 Å². The summed E-state index contributed by atoms with van der Waals surface area (Å²) in [5.41, 5.74) is 0. The van der Waals surface area contributed by atoms with Crippen molar-refractivity contribution in [3.8, 4) is 0 Å². The van der Waals surface area contributed by atoms with Crippen LogP contribution in [0.15, 0.2) is 72.9 Å². The van der Waals surface area contributed by atoms with Crippen LogP contribution in [-0.2, 0) is 19.1 Å². The van der Waals surface area contributed by atoms with E-state index < -0.39 is 18.1 Å². The summed E-state index contributed by atoms with van der Waals surface area (Å²) < 4.78 is 9.23. The molecule has 0 heterocycles. The summed E-state index contributed by atoms with van der Waals surface area (Å²) in [6, 6.07) is 0. The quantitative estimate of drug-likeness (QED) is 0.0439. The topological polar surface area (TPSA) is 69.7 Å². The van der Waals surface area contributed by atoms with Crippen LogP contribution in [-0.4, -0.2) is 18.1 Å². The maximum atomic E-state index is 11.8. The molecule has 0 amide bonds. The monoisotopic (exact) mass is 582 g/mol. The normalized spacial score (nSPS) is 12.2. The molecule has 42 heavy (non-hydrogen) atoms. The number of unbranched alkanes of at least 4 members (excludes halogenated alkanes) is 10. The molecule has 5 nitrogen and oxygen atoms in total. The molecule has 0 N–H and O–H groups in total. The Hall–Kier alpha value is -2.95. The molecule has 0 aromatic heterocycles. The predicted molar refractivity (Wildman–Crippen MR) is 176 cm³/mol. The van der Waals surface area contributed by atoms with Gasteiger partial charge in [0.1, 0.15) is 0 Å². The molecule has 0 fully saturated rings. The third kappa shape index (κ3) is 31.6. The Morgan fingerprint density at radius 3 is 1.10 bits per heavy atom. The van der Waals surface area contributed by atoms with Crippen LogP contribution >= 0.6 is 0 Å². The fourth-order valence-electron chi connectivity index (χ4n) is 4.09. The van der Waals surface area contributed by atoms with E-state index in [9.17, 15) is 14.4 Å². The van der Waals surface area contributed by atoms with Gasteiger partial charge in [-0.3, -0.25) is 9.59 Å². The van der Waals surface area contributed by atoms with E-state index in [0.717, 1.165) is 103 Å². The first kappa shape index (κ1) is 39.0. The molecule has 0 unspecified atom stereocenters. The largest absolute Gasteiger partial charge is 0.524 e. The van der Waals surface area contributed by atoms with Gasteiger partial charge in [-0.25, -0.2) is 4.79 Å². The Morgan fingerprint density at radius 1 is 0.405 bits per heavy atom. The Kier molecular flexibility index (Phi) is 30.3. The van der Waals surface area contributed by atoms with E-state index in [1.54, 1.807) is 0 Å². The summed E-state index contributed by atoms with van der Waals surface area (Å²) >= 11 is 0. The smallest absolute Gasteiger partial charge is 0.360 e. The van der Waals surface area contributed by atoms with E-state index >= 15 is 0 Å².